The van der Waals surface area contributed by atoms with Crippen molar-refractivity contribution in [2.45, 2.75) is 51.9 Å². The highest BCUT2D eigenvalue weighted by Crippen LogP contribution is 2.36. The zero-order valence-corrected chi connectivity index (χ0v) is 9.44. The maximum absolute atomic E-state index is 9.65. The number of epoxide rings is 1. The van der Waals surface area contributed by atoms with Crippen LogP contribution in [-0.2, 0) is 4.74 Å². The SMILES string of the molecule is C=C[C@@H](C)CC1O[C@@H]1[C@H](C)[C@@H](O)CC. The minimum Gasteiger partial charge on any atom is -0.393 e. The first-order chi connectivity index (χ1) is 6.60. The highest BCUT2D eigenvalue weighted by molar-refractivity contribution is 4.94. The highest BCUT2D eigenvalue weighted by Gasteiger charge is 2.44. The number of aliphatic hydroxyl groups is 1. The maximum Gasteiger partial charge on any atom is 0.0892 e. The van der Waals surface area contributed by atoms with Gasteiger partial charge in [-0.2, -0.15) is 0 Å². The Bertz CT molecular complexity index is 191. The van der Waals surface area contributed by atoms with E-state index in [1.807, 2.05) is 13.0 Å². The Labute approximate surface area is 87.0 Å². The van der Waals surface area contributed by atoms with Crippen molar-refractivity contribution in [3.05, 3.63) is 12.7 Å². The molecule has 2 heteroatoms. The Hall–Kier alpha value is -0.340. The lowest BCUT2D eigenvalue weighted by atomic mass is 9.94. The summed E-state index contributed by atoms with van der Waals surface area (Å²) in [5.41, 5.74) is 0. The van der Waals surface area contributed by atoms with Crippen LogP contribution in [-0.4, -0.2) is 23.4 Å². The molecule has 0 aliphatic carbocycles. The summed E-state index contributed by atoms with van der Waals surface area (Å²) < 4.78 is 5.57. The van der Waals surface area contributed by atoms with Crippen molar-refractivity contribution >= 4 is 0 Å². The van der Waals surface area contributed by atoms with Crippen LogP contribution in [0.3, 0.4) is 0 Å². The lowest BCUT2D eigenvalue weighted by Crippen LogP contribution is -2.23. The number of hydrogen-bond donors (Lipinski definition) is 1. The molecule has 0 amide bonds. The summed E-state index contributed by atoms with van der Waals surface area (Å²) in [5.74, 6) is 0.776. The molecule has 1 aliphatic rings. The van der Waals surface area contributed by atoms with Crippen LogP contribution in [0.1, 0.15) is 33.6 Å². The van der Waals surface area contributed by atoms with E-state index in [-0.39, 0.29) is 18.1 Å². The topological polar surface area (TPSA) is 32.8 Å². The average Bonchev–Trinajstić information content (AvgIpc) is 2.94. The Morgan fingerprint density at radius 1 is 1.50 bits per heavy atom. The van der Waals surface area contributed by atoms with Crippen molar-refractivity contribution in [3.63, 3.8) is 0 Å². The van der Waals surface area contributed by atoms with Crippen LogP contribution >= 0.6 is 0 Å². The van der Waals surface area contributed by atoms with E-state index >= 15 is 0 Å². The van der Waals surface area contributed by atoms with Gasteiger partial charge in [0.25, 0.3) is 0 Å². The molecule has 14 heavy (non-hydrogen) atoms. The second-order valence-electron chi connectivity index (χ2n) is 4.42. The van der Waals surface area contributed by atoms with Gasteiger partial charge in [0, 0.05) is 5.92 Å². The molecule has 0 aromatic carbocycles. The normalized spacial score (nSPS) is 32.0. The molecule has 1 heterocycles. The van der Waals surface area contributed by atoms with Gasteiger partial charge in [0.15, 0.2) is 0 Å². The third-order valence-electron chi connectivity index (χ3n) is 3.17. The molecule has 0 radical (unpaired) electrons. The summed E-state index contributed by atoms with van der Waals surface area (Å²) in [6.07, 6.45) is 4.20. The molecule has 0 bridgehead atoms. The molecule has 0 aromatic heterocycles. The standard InChI is InChI=1S/C12H22O2/c1-5-8(3)7-11-12(14-11)9(4)10(13)6-2/h5,8-13H,1,6-7H2,2-4H3/t8-,9-,10+,11?,12-/m1/s1. The highest BCUT2D eigenvalue weighted by atomic mass is 16.6. The van der Waals surface area contributed by atoms with Crippen LogP contribution in [0.5, 0.6) is 0 Å². The molecule has 82 valence electrons. The molecule has 1 rings (SSSR count). The van der Waals surface area contributed by atoms with E-state index in [1.165, 1.54) is 0 Å². The van der Waals surface area contributed by atoms with Crippen LogP contribution in [0.2, 0.25) is 0 Å². The van der Waals surface area contributed by atoms with Gasteiger partial charge in [-0.3, -0.25) is 0 Å². The van der Waals surface area contributed by atoms with Crippen molar-refractivity contribution < 1.29 is 9.84 Å². The quantitative estimate of drug-likeness (QED) is 0.525. The predicted molar refractivity (Wildman–Crippen MR) is 58.1 cm³/mol. The number of allylic oxidation sites excluding steroid dienone is 1. The number of rotatable bonds is 6. The molecule has 1 aliphatic heterocycles. The summed E-state index contributed by atoms with van der Waals surface area (Å²) in [6, 6.07) is 0. The Kier molecular flexibility index (Phi) is 4.14. The molecule has 0 saturated carbocycles. The molecule has 0 spiro atoms. The van der Waals surface area contributed by atoms with Crippen LogP contribution < -0.4 is 0 Å². The van der Waals surface area contributed by atoms with Gasteiger partial charge in [0.1, 0.15) is 0 Å². The van der Waals surface area contributed by atoms with Gasteiger partial charge >= 0.3 is 0 Å². The summed E-state index contributed by atoms with van der Waals surface area (Å²) >= 11 is 0. The molecule has 1 fully saturated rings. The Balaban J connectivity index is 2.28. The molecular weight excluding hydrogens is 176 g/mol. The summed E-state index contributed by atoms with van der Waals surface area (Å²) in [5, 5.41) is 9.65. The van der Waals surface area contributed by atoms with Crippen LogP contribution in [0.25, 0.3) is 0 Å². The molecule has 1 N–H and O–H groups in total. The molecule has 1 unspecified atom stereocenters. The first-order valence-corrected chi connectivity index (χ1v) is 5.56. The third kappa shape index (κ3) is 2.82. The van der Waals surface area contributed by atoms with Crippen molar-refractivity contribution in [1.82, 2.24) is 0 Å². The number of aliphatic hydroxyl groups excluding tert-OH is 1. The van der Waals surface area contributed by atoms with Crippen LogP contribution in [0.15, 0.2) is 12.7 Å². The van der Waals surface area contributed by atoms with Gasteiger partial charge in [-0.05, 0) is 18.8 Å². The van der Waals surface area contributed by atoms with E-state index < -0.39 is 0 Å². The lowest BCUT2D eigenvalue weighted by molar-refractivity contribution is 0.0953. The monoisotopic (exact) mass is 198 g/mol. The van der Waals surface area contributed by atoms with Crippen LogP contribution in [0.4, 0.5) is 0 Å². The zero-order chi connectivity index (χ0) is 10.7. The van der Waals surface area contributed by atoms with Gasteiger partial charge in [0.2, 0.25) is 0 Å². The Morgan fingerprint density at radius 2 is 2.14 bits per heavy atom. The summed E-state index contributed by atoms with van der Waals surface area (Å²) in [4.78, 5) is 0. The predicted octanol–water partition coefficient (Wildman–Crippen LogP) is 2.37. The minimum atomic E-state index is -0.218. The second kappa shape index (κ2) is 4.94. The second-order valence-corrected chi connectivity index (χ2v) is 4.42. The lowest BCUT2D eigenvalue weighted by Gasteiger charge is -2.14. The first kappa shape index (κ1) is 11.7. The fourth-order valence-corrected chi connectivity index (χ4v) is 1.86. The van der Waals surface area contributed by atoms with Crippen molar-refractivity contribution in [1.29, 1.82) is 0 Å². The smallest absolute Gasteiger partial charge is 0.0892 e. The van der Waals surface area contributed by atoms with Gasteiger partial charge in [-0.1, -0.05) is 26.8 Å². The van der Waals surface area contributed by atoms with E-state index in [0.717, 1.165) is 12.8 Å². The molecular formula is C12H22O2. The minimum absolute atomic E-state index is 0.218. The van der Waals surface area contributed by atoms with Gasteiger partial charge in [0.05, 0.1) is 18.3 Å². The van der Waals surface area contributed by atoms with Crippen LogP contribution in [0, 0.1) is 11.8 Å². The van der Waals surface area contributed by atoms with Gasteiger partial charge < -0.3 is 9.84 Å². The van der Waals surface area contributed by atoms with E-state index in [9.17, 15) is 5.11 Å². The van der Waals surface area contributed by atoms with Crippen molar-refractivity contribution in [3.8, 4) is 0 Å². The van der Waals surface area contributed by atoms with E-state index in [0.29, 0.717) is 12.0 Å². The largest absolute Gasteiger partial charge is 0.393 e. The first-order valence-electron chi connectivity index (χ1n) is 5.56. The molecule has 0 aromatic rings. The zero-order valence-electron chi connectivity index (χ0n) is 9.44. The van der Waals surface area contributed by atoms with E-state index in [4.69, 9.17) is 4.74 Å². The molecule has 5 atom stereocenters. The average molecular weight is 198 g/mol. The molecule has 2 nitrogen and oxygen atoms in total. The van der Waals surface area contributed by atoms with E-state index in [2.05, 4.69) is 20.4 Å². The maximum atomic E-state index is 9.65. The Morgan fingerprint density at radius 3 is 2.64 bits per heavy atom. The van der Waals surface area contributed by atoms with Gasteiger partial charge in [-0.25, -0.2) is 0 Å². The fraction of sp³-hybridized carbons (Fsp3) is 0.833. The summed E-state index contributed by atoms with van der Waals surface area (Å²) in [7, 11) is 0. The molecule has 1 saturated heterocycles. The van der Waals surface area contributed by atoms with Crippen molar-refractivity contribution in [2.24, 2.45) is 11.8 Å². The number of hydrogen-bond acceptors (Lipinski definition) is 2. The van der Waals surface area contributed by atoms with Gasteiger partial charge in [-0.15, -0.1) is 6.58 Å². The van der Waals surface area contributed by atoms with Crippen molar-refractivity contribution in [2.75, 3.05) is 0 Å². The fourth-order valence-electron chi connectivity index (χ4n) is 1.86. The number of ether oxygens (including phenoxy) is 1. The summed E-state index contributed by atoms with van der Waals surface area (Å²) in [6.45, 7) is 9.97. The third-order valence-corrected chi connectivity index (χ3v) is 3.17. The van der Waals surface area contributed by atoms with E-state index in [1.54, 1.807) is 0 Å².